The number of thiophene rings is 1. The van der Waals surface area contributed by atoms with E-state index in [1.54, 1.807) is 16.0 Å². The van der Waals surface area contributed by atoms with Crippen LogP contribution in [0.2, 0.25) is 0 Å². The third kappa shape index (κ3) is 4.45. The quantitative estimate of drug-likeness (QED) is 0.589. The van der Waals surface area contributed by atoms with E-state index in [-0.39, 0.29) is 24.1 Å². The van der Waals surface area contributed by atoms with Crippen LogP contribution in [0.25, 0.3) is 10.2 Å². The number of rotatable bonds is 5. The number of piperidine rings is 1. The van der Waals surface area contributed by atoms with Gasteiger partial charge in [-0.1, -0.05) is 37.5 Å². The summed E-state index contributed by atoms with van der Waals surface area (Å²) in [5, 5.41) is 14.5. The van der Waals surface area contributed by atoms with Gasteiger partial charge in [-0.3, -0.25) is 14.2 Å². The van der Waals surface area contributed by atoms with Gasteiger partial charge in [0.1, 0.15) is 10.2 Å². The fourth-order valence-electron chi connectivity index (χ4n) is 5.07. The zero-order valence-corrected chi connectivity index (χ0v) is 20.1. The smallest absolute Gasteiger partial charge is 0.273 e. The van der Waals surface area contributed by atoms with Crippen LogP contribution in [0.5, 0.6) is 0 Å². The van der Waals surface area contributed by atoms with Crippen LogP contribution in [0.1, 0.15) is 72.9 Å². The average molecular weight is 476 g/mol. The van der Waals surface area contributed by atoms with Gasteiger partial charge in [0, 0.05) is 24.5 Å². The maximum atomic E-state index is 13.7. The molecule has 3 aromatic rings. The predicted octanol–water partition coefficient (Wildman–Crippen LogP) is 4.43. The fraction of sp³-hybridized carbons (Fsp3) is 0.462. The predicted molar refractivity (Wildman–Crippen MR) is 135 cm³/mol. The summed E-state index contributed by atoms with van der Waals surface area (Å²) in [7, 11) is 0. The Morgan fingerprint density at radius 3 is 2.62 bits per heavy atom. The molecule has 2 fully saturated rings. The van der Waals surface area contributed by atoms with Gasteiger partial charge in [0.05, 0.1) is 23.7 Å². The average Bonchev–Trinajstić information content (AvgIpc) is 3.31. The largest absolute Gasteiger partial charge is 0.349 e. The first-order valence-corrected chi connectivity index (χ1v) is 13.1. The standard InChI is InChI=1S/C26H29N5O2S/c27-15-18-9-5-6-10-19(18)16-31-25(33)23-22(29-26(31)30-13-7-2-8-14-30)21(17-34-23)24(32)28-20-11-3-1-4-12-20/h5-6,9-10,17,20H,1-4,7-8,11-14,16H2,(H,28,32). The number of nitriles is 1. The molecular weight excluding hydrogens is 446 g/mol. The van der Waals surface area contributed by atoms with Crippen LogP contribution >= 0.6 is 11.3 Å². The molecule has 8 heteroatoms. The maximum Gasteiger partial charge on any atom is 0.273 e. The SMILES string of the molecule is N#Cc1ccccc1Cn1c(N2CCCCC2)nc2c(C(=O)NC3CCCCC3)csc2c1=O. The van der Waals surface area contributed by atoms with Crippen molar-refractivity contribution in [2.75, 3.05) is 18.0 Å². The molecule has 5 rings (SSSR count). The summed E-state index contributed by atoms with van der Waals surface area (Å²) in [4.78, 5) is 34.0. The molecule has 0 radical (unpaired) electrons. The van der Waals surface area contributed by atoms with Crippen LogP contribution in [0.15, 0.2) is 34.4 Å². The van der Waals surface area contributed by atoms with E-state index in [1.807, 2.05) is 18.2 Å². The number of nitrogens with zero attached hydrogens (tertiary/aromatic N) is 4. The van der Waals surface area contributed by atoms with Crippen molar-refractivity contribution in [3.8, 4) is 6.07 Å². The Bertz CT molecular complexity index is 1290. The monoisotopic (exact) mass is 475 g/mol. The molecule has 0 atom stereocenters. The Morgan fingerprint density at radius 1 is 1.12 bits per heavy atom. The second kappa shape index (κ2) is 9.98. The van der Waals surface area contributed by atoms with E-state index in [1.165, 1.54) is 17.8 Å². The summed E-state index contributed by atoms with van der Waals surface area (Å²) in [6.45, 7) is 1.93. The van der Waals surface area contributed by atoms with Gasteiger partial charge in [0.2, 0.25) is 5.95 Å². The molecule has 1 N–H and O–H groups in total. The second-order valence-electron chi connectivity index (χ2n) is 9.26. The molecule has 1 amide bonds. The molecule has 1 saturated heterocycles. The third-order valence-electron chi connectivity index (χ3n) is 6.95. The molecule has 0 spiro atoms. The van der Waals surface area contributed by atoms with Gasteiger partial charge in [-0.2, -0.15) is 5.26 Å². The fourth-order valence-corrected chi connectivity index (χ4v) is 6.01. The highest BCUT2D eigenvalue weighted by molar-refractivity contribution is 7.17. The Morgan fingerprint density at radius 2 is 1.85 bits per heavy atom. The molecule has 1 aromatic carbocycles. The minimum atomic E-state index is -0.153. The summed E-state index contributed by atoms with van der Waals surface area (Å²) in [6, 6.07) is 9.78. The van der Waals surface area contributed by atoms with Crippen LogP contribution in [-0.2, 0) is 6.54 Å². The van der Waals surface area contributed by atoms with Gasteiger partial charge in [0.25, 0.3) is 11.5 Å². The topological polar surface area (TPSA) is 91.0 Å². The Labute approximate surface area is 203 Å². The Kier molecular flexibility index (Phi) is 6.63. The van der Waals surface area contributed by atoms with E-state index < -0.39 is 0 Å². The summed E-state index contributed by atoms with van der Waals surface area (Å²) in [5.41, 5.74) is 2.18. The minimum Gasteiger partial charge on any atom is -0.349 e. The molecule has 34 heavy (non-hydrogen) atoms. The summed E-state index contributed by atoms with van der Waals surface area (Å²) in [5.74, 6) is 0.456. The highest BCUT2D eigenvalue weighted by Crippen LogP contribution is 2.27. The first-order valence-electron chi connectivity index (χ1n) is 12.2. The third-order valence-corrected chi connectivity index (χ3v) is 7.90. The number of hydrogen-bond donors (Lipinski definition) is 1. The van der Waals surface area contributed by atoms with Gasteiger partial charge in [0.15, 0.2) is 0 Å². The number of nitrogens with one attached hydrogen (secondary N) is 1. The number of anilines is 1. The number of aromatic nitrogens is 2. The zero-order valence-electron chi connectivity index (χ0n) is 19.3. The molecule has 0 bridgehead atoms. The van der Waals surface area contributed by atoms with Gasteiger partial charge >= 0.3 is 0 Å². The summed E-state index contributed by atoms with van der Waals surface area (Å²) >= 11 is 1.28. The van der Waals surface area contributed by atoms with Crippen LogP contribution < -0.4 is 15.8 Å². The van der Waals surface area contributed by atoms with E-state index in [9.17, 15) is 14.9 Å². The number of carbonyl (C=O) groups is 1. The number of fused-ring (bicyclic) bond motifs is 1. The molecule has 1 aliphatic carbocycles. The van der Waals surface area contributed by atoms with Crippen LogP contribution in [-0.4, -0.2) is 34.6 Å². The number of amides is 1. The maximum absolute atomic E-state index is 13.7. The zero-order chi connectivity index (χ0) is 23.5. The summed E-state index contributed by atoms with van der Waals surface area (Å²) in [6.07, 6.45) is 8.76. The molecule has 2 aromatic heterocycles. The van der Waals surface area contributed by atoms with Crippen LogP contribution in [0.3, 0.4) is 0 Å². The van der Waals surface area contributed by atoms with Crippen molar-refractivity contribution in [2.45, 2.75) is 64.0 Å². The minimum absolute atomic E-state index is 0.137. The van der Waals surface area contributed by atoms with Crippen molar-refractivity contribution in [3.05, 3.63) is 56.7 Å². The number of carbonyl (C=O) groups excluding carboxylic acids is 1. The highest BCUT2D eigenvalue weighted by Gasteiger charge is 2.25. The van der Waals surface area contributed by atoms with Gasteiger partial charge in [-0.15, -0.1) is 11.3 Å². The molecule has 2 aliphatic rings. The molecule has 7 nitrogen and oxygen atoms in total. The highest BCUT2D eigenvalue weighted by atomic mass is 32.1. The first-order chi connectivity index (χ1) is 16.7. The lowest BCUT2D eigenvalue weighted by Gasteiger charge is -2.30. The van der Waals surface area contributed by atoms with Crippen molar-refractivity contribution in [2.24, 2.45) is 0 Å². The van der Waals surface area contributed by atoms with Crippen molar-refractivity contribution < 1.29 is 4.79 Å². The second-order valence-corrected chi connectivity index (χ2v) is 10.1. The summed E-state index contributed by atoms with van der Waals surface area (Å²) < 4.78 is 2.17. The number of hydrogen-bond acceptors (Lipinski definition) is 6. The van der Waals surface area contributed by atoms with E-state index in [0.29, 0.717) is 27.3 Å². The lowest BCUT2D eigenvalue weighted by atomic mass is 9.95. The van der Waals surface area contributed by atoms with Crippen LogP contribution in [0, 0.1) is 11.3 Å². The van der Waals surface area contributed by atoms with Crippen LogP contribution in [0.4, 0.5) is 5.95 Å². The molecule has 176 valence electrons. The molecule has 0 unspecified atom stereocenters. The van der Waals surface area contributed by atoms with E-state index in [4.69, 9.17) is 4.98 Å². The molecule has 1 aliphatic heterocycles. The van der Waals surface area contributed by atoms with Crippen molar-refractivity contribution in [1.29, 1.82) is 5.26 Å². The molecule has 1 saturated carbocycles. The lowest BCUT2D eigenvalue weighted by molar-refractivity contribution is 0.0929. The normalized spacial score (nSPS) is 17.0. The molecular formula is C26H29N5O2S. The Hall–Kier alpha value is -3.18. The van der Waals surface area contributed by atoms with Crippen molar-refractivity contribution >= 4 is 33.4 Å². The van der Waals surface area contributed by atoms with Crippen molar-refractivity contribution in [3.63, 3.8) is 0 Å². The number of benzene rings is 1. The van der Waals surface area contributed by atoms with Gasteiger partial charge in [-0.05, 0) is 43.7 Å². The lowest BCUT2D eigenvalue weighted by Crippen LogP contribution is -2.37. The van der Waals surface area contributed by atoms with E-state index in [2.05, 4.69) is 16.3 Å². The van der Waals surface area contributed by atoms with Gasteiger partial charge < -0.3 is 10.2 Å². The first kappa shape index (κ1) is 22.6. The van der Waals surface area contributed by atoms with E-state index >= 15 is 0 Å². The molecule has 3 heterocycles. The van der Waals surface area contributed by atoms with E-state index in [0.717, 1.165) is 63.6 Å². The Balaban J connectivity index is 1.57. The van der Waals surface area contributed by atoms with Gasteiger partial charge in [-0.25, -0.2) is 4.98 Å². The van der Waals surface area contributed by atoms with Crippen molar-refractivity contribution in [1.82, 2.24) is 14.9 Å².